The van der Waals surface area contributed by atoms with Gasteiger partial charge in [0.15, 0.2) is 0 Å². The molecule has 21 heavy (non-hydrogen) atoms. The third-order valence-electron chi connectivity index (χ3n) is 3.35. The number of halogens is 1. The summed E-state index contributed by atoms with van der Waals surface area (Å²) in [6, 6.07) is 8.66. The molecule has 4 heteroatoms. The average molecular weight is 288 g/mol. The third-order valence-corrected chi connectivity index (χ3v) is 3.35. The van der Waals surface area contributed by atoms with E-state index in [1.54, 1.807) is 18.5 Å². The Morgan fingerprint density at radius 1 is 1.24 bits per heavy atom. The van der Waals surface area contributed by atoms with Gasteiger partial charge in [0.25, 0.3) is 0 Å². The first-order valence-electron chi connectivity index (χ1n) is 7.25. The molecule has 112 valence electrons. The third kappa shape index (κ3) is 4.53. The Hall–Kier alpha value is -1.94. The molecule has 0 radical (unpaired) electrons. The minimum atomic E-state index is -0.240. The maximum Gasteiger partial charge on any atom is 0.124 e. The number of aromatic nitrogens is 1. The first-order chi connectivity index (χ1) is 10.2. The predicted molar refractivity (Wildman–Crippen MR) is 81.9 cm³/mol. The second-order valence-corrected chi connectivity index (χ2v) is 4.92. The summed E-state index contributed by atoms with van der Waals surface area (Å²) in [5, 5.41) is 3.28. The van der Waals surface area contributed by atoms with Crippen LogP contribution in [0.25, 0.3) is 0 Å². The van der Waals surface area contributed by atoms with Crippen LogP contribution in [0.2, 0.25) is 0 Å². The van der Waals surface area contributed by atoms with Gasteiger partial charge in [-0.15, -0.1) is 0 Å². The summed E-state index contributed by atoms with van der Waals surface area (Å²) in [6.07, 6.45) is 4.34. The van der Waals surface area contributed by atoms with Gasteiger partial charge in [0.05, 0.1) is 6.61 Å². The van der Waals surface area contributed by atoms with Crippen molar-refractivity contribution in [2.75, 3.05) is 13.2 Å². The maximum absolute atomic E-state index is 13.4. The van der Waals surface area contributed by atoms with Crippen LogP contribution in [-0.2, 0) is 6.42 Å². The highest BCUT2D eigenvalue weighted by Crippen LogP contribution is 2.26. The number of pyridine rings is 1. The average Bonchev–Trinajstić information content (AvgIpc) is 2.50. The number of rotatable bonds is 7. The van der Waals surface area contributed by atoms with Crippen molar-refractivity contribution in [2.24, 2.45) is 0 Å². The summed E-state index contributed by atoms with van der Waals surface area (Å²) >= 11 is 0. The number of ether oxygens (including phenoxy) is 1. The lowest BCUT2D eigenvalue weighted by atomic mass is 10.1. The van der Waals surface area contributed by atoms with Gasteiger partial charge in [-0.05, 0) is 49.4 Å². The molecule has 1 atom stereocenters. The van der Waals surface area contributed by atoms with Crippen molar-refractivity contribution in [1.29, 1.82) is 0 Å². The molecule has 0 aliphatic carbocycles. The summed E-state index contributed by atoms with van der Waals surface area (Å²) in [6.45, 7) is 5.42. The van der Waals surface area contributed by atoms with Gasteiger partial charge in [-0.2, -0.15) is 0 Å². The molecule has 2 aromatic rings. The molecule has 1 aromatic heterocycles. The van der Waals surface area contributed by atoms with Crippen molar-refractivity contribution < 1.29 is 9.13 Å². The van der Waals surface area contributed by atoms with Gasteiger partial charge in [-0.3, -0.25) is 4.98 Å². The Balaban J connectivity index is 2.02. The first kappa shape index (κ1) is 15.4. The molecule has 1 heterocycles. The molecule has 0 bridgehead atoms. The van der Waals surface area contributed by atoms with Crippen molar-refractivity contribution in [2.45, 2.75) is 26.3 Å². The van der Waals surface area contributed by atoms with Gasteiger partial charge in [-0.1, -0.05) is 6.92 Å². The van der Waals surface area contributed by atoms with Crippen molar-refractivity contribution in [3.8, 4) is 5.75 Å². The van der Waals surface area contributed by atoms with Crippen LogP contribution < -0.4 is 10.1 Å². The fourth-order valence-corrected chi connectivity index (χ4v) is 2.23. The Morgan fingerprint density at radius 3 is 2.71 bits per heavy atom. The number of benzene rings is 1. The van der Waals surface area contributed by atoms with Crippen LogP contribution in [0.15, 0.2) is 42.7 Å². The standard InChI is InChI=1S/C17H21FN2O/c1-3-20-13(2)16-12-15(18)4-5-17(16)21-11-8-14-6-9-19-10-7-14/h4-7,9-10,12-13,20H,3,8,11H2,1-2H3. The van der Waals surface area contributed by atoms with Gasteiger partial charge in [0.2, 0.25) is 0 Å². The highest BCUT2D eigenvalue weighted by molar-refractivity contribution is 5.36. The van der Waals surface area contributed by atoms with Crippen LogP contribution in [-0.4, -0.2) is 18.1 Å². The number of nitrogens with zero attached hydrogens (tertiary/aromatic N) is 1. The zero-order chi connectivity index (χ0) is 15.1. The smallest absolute Gasteiger partial charge is 0.124 e. The zero-order valence-electron chi connectivity index (χ0n) is 12.5. The van der Waals surface area contributed by atoms with Crippen molar-refractivity contribution in [3.63, 3.8) is 0 Å². The van der Waals surface area contributed by atoms with E-state index in [4.69, 9.17) is 4.74 Å². The monoisotopic (exact) mass is 288 g/mol. The Bertz CT molecular complexity index is 560. The number of nitrogens with one attached hydrogen (secondary N) is 1. The fourth-order valence-electron chi connectivity index (χ4n) is 2.23. The van der Waals surface area contributed by atoms with Crippen LogP contribution in [0, 0.1) is 5.82 Å². The highest BCUT2D eigenvalue weighted by Gasteiger charge is 2.12. The van der Waals surface area contributed by atoms with E-state index in [0.717, 1.165) is 24.3 Å². The van der Waals surface area contributed by atoms with Crippen LogP contribution in [0.3, 0.4) is 0 Å². The van der Waals surface area contributed by atoms with Crippen LogP contribution in [0.1, 0.15) is 31.0 Å². The van der Waals surface area contributed by atoms with Crippen LogP contribution in [0.5, 0.6) is 5.75 Å². The van der Waals surface area contributed by atoms with E-state index in [9.17, 15) is 4.39 Å². The van der Waals surface area contributed by atoms with Crippen molar-refractivity contribution in [1.82, 2.24) is 10.3 Å². The Morgan fingerprint density at radius 2 is 2.00 bits per heavy atom. The minimum Gasteiger partial charge on any atom is -0.493 e. The molecule has 3 nitrogen and oxygen atoms in total. The molecule has 2 rings (SSSR count). The first-order valence-corrected chi connectivity index (χ1v) is 7.25. The summed E-state index contributed by atoms with van der Waals surface area (Å²) in [7, 11) is 0. The molecule has 0 amide bonds. The predicted octanol–water partition coefficient (Wildman–Crippen LogP) is 3.51. The SMILES string of the molecule is CCNC(C)c1cc(F)ccc1OCCc1ccncc1. The van der Waals surface area contributed by atoms with Gasteiger partial charge < -0.3 is 10.1 Å². The van der Waals surface area contributed by atoms with E-state index in [0.29, 0.717) is 6.61 Å². The van der Waals surface area contributed by atoms with Gasteiger partial charge >= 0.3 is 0 Å². The van der Waals surface area contributed by atoms with E-state index >= 15 is 0 Å². The van der Waals surface area contributed by atoms with E-state index in [1.165, 1.54) is 17.7 Å². The van der Waals surface area contributed by atoms with E-state index in [-0.39, 0.29) is 11.9 Å². The molecular formula is C17H21FN2O. The maximum atomic E-state index is 13.4. The normalized spacial score (nSPS) is 12.1. The Labute approximate surface area is 125 Å². The summed E-state index contributed by atoms with van der Waals surface area (Å²) < 4.78 is 19.3. The quantitative estimate of drug-likeness (QED) is 0.846. The van der Waals surface area contributed by atoms with Gasteiger partial charge in [0, 0.05) is 30.4 Å². The second-order valence-electron chi connectivity index (χ2n) is 4.92. The Kier molecular flexibility index (Phi) is 5.69. The van der Waals surface area contributed by atoms with E-state index < -0.39 is 0 Å². The second kappa shape index (κ2) is 7.74. The molecular weight excluding hydrogens is 267 g/mol. The molecule has 0 saturated carbocycles. The summed E-state index contributed by atoms with van der Waals surface area (Å²) in [5.74, 6) is 0.496. The van der Waals surface area contributed by atoms with Crippen molar-refractivity contribution in [3.05, 3.63) is 59.7 Å². The zero-order valence-corrected chi connectivity index (χ0v) is 12.5. The van der Waals surface area contributed by atoms with Crippen molar-refractivity contribution >= 4 is 0 Å². The molecule has 0 aliphatic heterocycles. The van der Waals surface area contributed by atoms with Gasteiger partial charge in [-0.25, -0.2) is 4.39 Å². The fraction of sp³-hybridized carbons (Fsp3) is 0.353. The van der Waals surface area contributed by atoms with E-state index in [2.05, 4.69) is 10.3 Å². The molecule has 0 saturated heterocycles. The lowest BCUT2D eigenvalue weighted by molar-refractivity contribution is 0.314. The lowest BCUT2D eigenvalue weighted by Crippen LogP contribution is -2.19. The minimum absolute atomic E-state index is 0.0571. The van der Waals surface area contributed by atoms with Gasteiger partial charge in [0.1, 0.15) is 11.6 Å². The van der Waals surface area contributed by atoms with Crippen LogP contribution in [0.4, 0.5) is 4.39 Å². The number of hydrogen-bond donors (Lipinski definition) is 1. The molecule has 0 aliphatic rings. The molecule has 0 spiro atoms. The largest absolute Gasteiger partial charge is 0.493 e. The number of hydrogen-bond acceptors (Lipinski definition) is 3. The summed E-state index contributed by atoms with van der Waals surface area (Å²) in [5.41, 5.74) is 2.03. The molecule has 1 aromatic carbocycles. The molecule has 1 N–H and O–H groups in total. The van der Waals surface area contributed by atoms with E-state index in [1.807, 2.05) is 26.0 Å². The lowest BCUT2D eigenvalue weighted by Gasteiger charge is -2.18. The van der Waals surface area contributed by atoms with Crippen LogP contribution >= 0.6 is 0 Å². The molecule has 0 fully saturated rings. The summed E-state index contributed by atoms with van der Waals surface area (Å²) in [4.78, 5) is 3.99. The highest BCUT2D eigenvalue weighted by atomic mass is 19.1. The topological polar surface area (TPSA) is 34.1 Å². The molecule has 1 unspecified atom stereocenters.